The summed E-state index contributed by atoms with van der Waals surface area (Å²) in [7, 11) is 0. The van der Waals surface area contributed by atoms with Crippen LogP contribution in [0, 0.1) is 0 Å². The van der Waals surface area contributed by atoms with Crippen molar-refractivity contribution in [2.24, 2.45) is 0 Å². The lowest BCUT2D eigenvalue weighted by Gasteiger charge is -1.99. The molecule has 0 bridgehead atoms. The van der Waals surface area contributed by atoms with Crippen LogP contribution in [0.3, 0.4) is 0 Å². The molecule has 0 N–H and O–H groups in total. The van der Waals surface area contributed by atoms with E-state index in [1.165, 1.54) is 6.20 Å². The molecule has 11 heavy (non-hydrogen) atoms. The Morgan fingerprint density at radius 2 is 2.36 bits per heavy atom. The quantitative estimate of drug-likeness (QED) is 0.406. The minimum absolute atomic E-state index is 0.343. The van der Waals surface area contributed by atoms with Crippen LogP contribution in [-0.2, 0) is 4.79 Å². The molecule has 4 heteroatoms. The van der Waals surface area contributed by atoms with Gasteiger partial charge in [0, 0.05) is 6.20 Å². The molecule has 0 spiro atoms. The summed E-state index contributed by atoms with van der Waals surface area (Å²) in [6, 6.07) is 3.21. The minimum atomic E-state index is -0.629. The molecule has 2 nitrogen and oxygen atoms in total. The number of aldehydes is 1. The smallest absolute Gasteiger partial charge is 0.142 e. The third-order valence-electron chi connectivity index (χ3n) is 1.19. The maximum absolute atomic E-state index is 10.2. The van der Waals surface area contributed by atoms with Crippen molar-refractivity contribution in [3.63, 3.8) is 0 Å². The van der Waals surface area contributed by atoms with Crippen LogP contribution in [0.1, 0.15) is 10.9 Å². The Kier molecular flexibility index (Phi) is 2.85. The summed E-state index contributed by atoms with van der Waals surface area (Å²) in [6.07, 6.45) is 2.16. The van der Waals surface area contributed by atoms with Crippen LogP contribution in [0.25, 0.3) is 0 Å². The van der Waals surface area contributed by atoms with Crippen molar-refractivity contribution in [1.82, 2.24) is 4.98 Å². The fraction of sp³-hybridized carbons (Fsp3) is 0.143. The Morgan fingerprint density at radius 1 is 1.64 bits per heavy atom. The van der Waals surface area contributed by atoms with Crippen LogP contribution in [0.5, 0.6) is 0 Å². The SMILES string of the molecule is O=CC(Cl)c1ccnc(Cl)c1. The van der Waals surface area contributed by atoms with Crippen LogP contribution in [-0.4, -0.2) is 11.3 Å². The van der Waals surface area contributed by atoms with Crippen molar-refractivity contribution < 1.29 is 4.79 Å². The highest BCUT2D eigenvalue weighted by molar-refractivity contribution is 6.30. The number of nitrogens with zero attached hydrogens (tertiary/aromatic N) is 1. The number of carbonyl (C=O) groups is 1. The molecule has 1 atom stereocenters. The third kappa shape index (κ3) is 2.17. The Morgan fingerprint density at radius 3 is 2.91 bits per heavy atom. The number of halogens is 2. The Balaban J connectivity index is 2.95. The summed E-state index contributed by atoms with van der Waals surface area (Å²) in [5.74, 6) is 0. The Labute approximate surface area is 74.1 Å². The van der Waals surface area contributed by atoms with Gasteiger partial charge in [-0.2, -0.15) is 0 Å². The van der Waals surface area contributed by atoms with Gasteiger partial charge in [-0.1, -0.05) is 11.6 Å². The van der Waals surface area contributed by atoms with Gasteiger partial charge in [0.1, 0.15) is 16.8 Å². The topological polar surface area (TPSA) is 30.0 Å². The predicted octanol–water partition coefficient (Wildman–Crippen LogP) is 2.21. The van der Waals surface area contributed by atoms with Gasteiger partial charge in [0.05, 0.1) is 0 Å². The standard InChI is InChI=1S/C7H5Cl2NO/c8-6(4-11)5-1-2-10-7(9)3-5/h1-4,6H. The van der Waals surface area contributed by atoms with E-state index in [0.29, 0.717) is 17.0 Å². The molecule has 0 aliphatic heterocycles. The molecule has 1 unspecified atom stereocenters. The van der Waals surface area contributed by atoms with Gasteiger partial charge >= 0.3 is 0 Å². The molecule has 1 aromatic heterocycles. The summed E-state index contributed by atoms with van der Waals surface area (Å²) in [5.41, 5.74) is 0.668. The first-order chi connectivity index (χ1) is 5.24. The van der Waals surface area contributed by atoms with Gasteiger partial charge in [-0.25, -0.2) is 4.98 Å². The average molecular weight is 190 g/mol. The molecule has 0 saturated heterocycles. The number of pyridine rings is 1. The van der Waals surface area contributed by atoms with Gasteiger partial charge < -0.3 is 4.79 Å². The van der Waals surface area contributed by atoms with Crippen LogP contribution in [0.15, 0.2) is 18.3 Å². The van der Waals surface area contributed by atoms with Crippen LogP contribution in [0.2, 0.25) is 5.15 Å². The second-order valence-electron chi connectivity index (χ2n) is 1.95. The molecule has 0 fully saturated rings. The predicted molar refractivity (Wildman–Crippen MR) is 43.9 cm³/mol. The largest absolute Gasteiger partial charge is 0.301 e. The lowest BCUT2D eigenvalue weighted by atomic mass is 10.2. The van der Waals surface area contributed by atoms with E-state index in [1.54, 1.807) is 12.1 Å². The van der Waals surface area contributed by atoms with Crippen LogP contribution in [0.4, 0.5) is 0 Å². The van der Waals surface area contributed by atoms with Crippen molar-refractivity contribution >= 4 is 29.5 Å². The molecule has 0 radical (unpaired) electrons. The van der Waals surface area contributed by atoms with Crippen molar-refractivity contribution in [3.05, 3.63) is 29.0 Å². The highest BCUT2D eigenvalue weighted by Gasteiger charge is 2.05. The summed E-state index contributed by atoms with van der Waals surface area (Å²) in [6.45, 7) is 0. The van der Waals surface area contributed by atoms with E-state index in [0.717, 1.165) is 0 Å². The van der Waals surface area contributed by atoms with Crippen molar-refractivity contribution in [2.75, 3.05) is 0 Å². The van der Waals surface area contributed by atoms with E-state index in [9.17, 15) is 4.79 Å². The van der Waals surface area contributed by atoms with Crippen molar-refractivity contribution in [1.29, 1.82) is 0 Å². The molecule has 0 aromatic carbocycles. The maximum atomic E-state index is 10.2. The molecular formula is C7H5Cl2NO. The number of hydrogen-bond donors (Lipinski definition) is 0. The zero-order valence-corrected chi connectivity index (χ0v) is 7.01. The zero-order chi connectivity index (χ0) is 8.27. The Bertz CT molecular complexity index is 264. The molecule has 0 amide bonds. The second kappa shape index (κ2) is 3.69. The van der Waals surface area contributed by atoms with E-state index in [-0.39, 0.29) is 0 Å². The third-order valence-corrected chi connectivity index (χ3v) is 1.75. The molecule has 0 saturated carbocycles. The molecule has 1 aromatic rings. The molecule has 58 valence electrons. The average Bonchev–Trinajstić information content (AvgIpc) is 2.03. The number of carbonyl (C=O) groups excluding carboxylic acids is 1. The highest BCUT2D eigenvalue weighted by atomic mass is 35.5. The lowest BCUT2D eigenvalue weighted by Crippen LogP contribution is -1.91. The fourth-order valence-electron chi connectivity index (χ4n) is 0.668. The van der Waals surface area contributed by atoms with Gasteiger partial charge in [0.2, 0.25) is 0 Å². The molecule has 1 heterocycles. The first kappa shape index (κ1) is 8.50. The van der Waals surface area contributed by atoms with Gasteiger partial charge in [-0.15, -0.1) is 11.6 Å². The molecule has 0 aliphatic rings. The van der Waals surface area contributed by atoms with Crippen molar-refractivity contribution in [3.8, 4) is 0 Å². The number of hydrogen-bond acceptors (Lipinski definition) is 2. The number of alkyl halides is 1. The highest BCUT2D eigenvalue weighted by Crippen LogP contribution is 2.19. The van der Waals surface area contributed by atoms with E-state index in [4.69, 9.17) is 23.2 Å². The fourth-order valence-corrected chi connectivity index (χ4v) is 0.986. The van der Waals surface area contributed by atoms with E-state index >= 15 is 0 Å². The molecule has 1 rings (SSSR count). The van der Waals surface area contributed by atoms with Gasteiger partial charge in [-0.05, 0) is 17.7 Å². The first-order valence-corrected chi connectivity index (χ1v) is 3.76. The van der Waals surface area contributed by atoms with Crippen LogP contribution >= 0.6 is 23.2 Å². The molecule has 0 aliphatic carbocycles. The van der Waals surface area contributed by atoms with Crippen LogP contribution < -0.4 is 0 Å². The summed E-state index contributed by atoms with van der Waals surface area (Å²) < 4.78 is 0. The summed E-state index contributed by atoms with van der Waals surface area (Å²) in [4.78, 5) is 14.0. The van der Waals surface area contributed by atoms with Gasteiger partial charge in [0.25, 0.3) is 0 Å². The summed E-state index contributed by atoms with van der Waals surface area (Å²) >= 11 is 11.2. The normalized spacial score (nSPS) is 12.5. The molecular weight excluding hydrogens is 185 g/mol. The monoisotopic (exact) mass is 189 g/mol. The lowest BCUT2D eigenvalue weighted by molar-refractivity contribution is -0.107. The van der Waals surface area contributed by atoms with Crippen molar-refractivity contribution in [2.45, 2.75) is 5.38 Å². The first-order valence-electron chi connectivity index (χ1n) is 2.95. The zero-order valence-electron chi connectivity index (χ0n) is 5.50. The van der Waals surface area contributed by atoms with E-state index < -0.39 is 5.38 Å². The maximum Gasteiger partial charge on any atom is 0.142 e. The van der Waals surface area contributed by atoms with Gasteiger partial charge in [0.15, 0.2) is 0 Å². The van der Waals surface area contributed by atoms with E-state index in [1.807, 2.05) is 0 Å². The number of rotatable bonds is 2. The van der Waals surface area contributed by atoms with E-state index in [2.05, 4.69) is 4.98 Å². The second-order valence-corrected chi connectivity index (χ2v) is 2.81. The Hall–Kier alpha value is -0.600. The minimum Gasteiger partial charge on any atom is -0.301 e. The van der Waals surface area contributed by atoms with Gasteiger partial charge in [-0.3, -0.25) is 0 Å². The number of aromatic nitrogens is 1. The summed E-state index contributed by atoms with van der Waals surface area (Å²) in [5, 5.41) is -0.287.